The van der Waals surface area contributed by atoms with Crippen molar-refractivity contribution < 1.29 is 9.53 Å². The normalized spacial score (nSPS) is 10.3. The molecule has 0 spiro atoms. The first-order chi connectivity index (χ1) is 13.1. The van der Waals surface area contributed by atoms with E-state index in [1.165, 1.54) is 25.1 Å². The Morgan fingerprint density at radius 3 is 2.33 bits per heavy atom. The summed E-state index contributed by atoms with van der Waals surface area (Å²) in [6.07, 6.45) is 3.92. The van der Waals surface area contributed by atoms with E-state index in [0.29, 0.717) is 28.0 Å². The van der Waals surface area contributed by atoms with Crippen molar-refractivity contribution in [3.63, 3.8) is 0 Å². The first-order valence-electron chi connectivity index (χ1n) is 8.42. The number of amides is 1. The van der Waals surface area contributed by atoms with Gasteiger partial charge in [-0.1, -0.05) is 30.7 Å². The number of ether oxygens (including phenoxy) is 1. The van der Waals surface area contributed by atoms with Crippen LogP contribution in [0.4, 0.5) is 17.3 Å². The van der Waals surface area contributed by atoms with Crippen molar-refractivity contribution >= 4 is 34.8 Å². The minimum atomic E-state index is -0.324. The van der Waals surface area contributed by atoms with Gasteiger partial charge >= 0.3 is 0 Å². The van der Waals surface area contributed by atoms with Crippen molar-refractivity contribution in [1.29, 1.82) is 0 Å². The molecule has 0 unspecified atom stereocenters. The molecule has 0 saturated carbocycles. The molecule has 6 nitrogen and oxygen atoms in total. The Balaban J connectivity index is 1.65. The number of carbonyl (C=O) groups is 1. The molecule has 0 aliphatic carbocycles. The number of nitrogens with zero attached hydrogens (tertiary/aromatic N) is 2. The highest BCUT2D eigenvalue weighted by molar-refractivity contribution is 6.32. The Morgan fingerprint density at radius 2 is 1.74 bits per heavy atom. The molecule has 2 aromatic carbocycles. The monoisotopic (exact) mass is 382 g/mol. The number of anilines is 3. The Morgan fingerprint density at radius 1 is 1.07 bits per heavy atom. The third-order valence-corrected chi connectivity index (χ3v) is 4.24. The van der Waals surface area contributed by atoms with Crippen LogP contribution in [0.2, 0.25) is 5.02 Å². The zero-order valence-electron chi connectivity index (χ0n) is 15.0. The van der Waals surface area contributed by atoms with Crippen molar-refractivity contribution in [2.45, 2.75) is 13.3 Å². The summed E-state index contributed by atoms with van der Waals surface area (Å²) in [5, 5.41) is 6.28. The first-order valence-corrected chi connectivity index (χ1v) is 8.79. The topological polar surface area (TPSA) is 76.1 Å². The maximum atomic E-state index is 12.3. The van der Waals surface area contributed by atoms with Crippen LogP contribution in [-0.4, -0.2) is 23.0 Å². The number of rotatable bonds is 6. The molecule has 1 heterocycles. The van der Waals surface area contributed by atoms with Crippen LogP contribution in [0.1, 0.15) is 22.8 Å². The summed E-state index contributed by atoms with van der Waals surface area (Å²) >= 11 is 6.07. The minimum Gasteiger partial charge on any atom is -0.495 e. The van der Waals surface area contributed by atoms with E-state index in [4.69, 9.17) is 16.3 Å². The van der Waals surface area contributed by atoms with E-state index < -0.39 is 0 Å². The lowest BCUT2D eigenvalue weighted by molar-refractivity contribution is 0.102. The van der Waals surface area contributed by atoms with E-state index in [1.807, 2.05) is 24.3 Å². The van der Waals surface area contributed by atoms with E-state index in [0.717, 1.165) is 12.1 Å². The molecule has 0 fully saturated rings. The van der Waals surface area contributed by atoms with Crippen molar-refractivity contribution in [3.05, 3.63) is 71.0 Å². The van der Waals surface area contributed by atoms with Crippen LogP contribution in [0.5, 0.6) is 5.75 Å². The van der Waals surface area contributed by atoms with Crippen LogP contribution in [-0.2, 0) is 6.42 Å². The zero-order valence-corrected chi connectivity index (χ0v) is 15.7. The molecule has 0 bridgehead atoms. The maximum absolute atomic E-state index is 12.3. The van der Waals surface area contributed by atoms with Crippen LogP contribution < -0.4 is 15.4 Å². The Hall–Kier alpha value is -3.12. The highest BCUT2D eigenvalue weighted by atomic mass is 35.5. The summed E-state index contributed by atoms with van der Waals surface area (Å²) in [5.74, 6) is 0.638. The van der Waals surface area contributed by atoms with Gasteiger partial charge in [0.15, 0.2) is 0 Å². The largest absolute Gasteiger partial charge is 0.495 e. The molecule has 0 aliphatic rings. The molecule has 1 aromatic heterocycles. The van der Waals surface area contributed by atoms with E-state index in [2.05, 4.69) is 27.5 Å². The number of halogens is 1. The van der Waals surface area contributed by atoms with Gasteiger partial charge in [0.2, 0.25) is 5.95 Å². The van der Waals surface area contributed by atoms with Gasteiger partial charge in [0.1, 0.15) is 5.75 Å². The molecule has 3 aromatic rings. The molecule has 2 N–H and O–H groups in total. The molecule has 138 valence electrons. The van der Waals surface area contributed by atoms with Gasteiger partial charge in [0, 0.05) is 23.8 Å². The van der Waals surface area contributed by atoms with Crippen LogP contribution in [0.25, 0.3) is 0 Å². The average molecular weight is 383 g/mol. The number of methoxy groups -OCH3 is 1. The standard InChI is InChI=1S/C20H19ClN4O2/c1-3-13-4-6-15(7-5-13)25-20-22-11-14(12-23-20)19(26)24-16-8-9-18(27-2)17(21)10-16/h4-12H,3H2,1-2H3,(H,24,26)(H,22,23,25). The Labute approximate surface area is 162 Å². The molecule has 0 atom stereocenters. The smallest absolute Gasteiger partial charge is 0.258 e. The fraction of sp³-hybridized carbons (Fsp3) is 0.150. The quantitative estimate of drug-likeness (QED) is 0.646. The predicted molar refractivity (Wildman–Crippen MR) is 107 cm³/mol. The lowest BCUT2D eigenvalue weighted by Gasteiger charge is -2.09. The average Bonchev–Trinajstić information content (AvgIpc) is 2.69. The lowest BCUT2D eigenvalue weighted by atomic mass is 10.1. The second-order valence-corrected chi connectivity index (χ2v) is 6.18. The third-order valence-electron chi connectivity index (χ3n) is 3.94. The Kier molecular flexibility index (Phi) is 5.88. The summed E-state index contributed by atoms with van der Waals surface area (Å²) in [6, 6.07) is 13.0. The third kappa shape index (κ3) is 4.74. The number of hydrogen-bond acceptors (Lipinski definition) is 5. The summed E-state index contributed by atoms with van der Waals surface area (Å²) in [5.41, 5.74) is 3.04. The molecule has 3 rings (SSSR count). The minimum absolute atomic E-state index is 0.324. The van der Waals surface area contributed by atoms with Gasteiger partial charge in [0.25, 0.3) is 5.91 Å². The van der Waals surface area contributed by atoms with Crippen molar-refractivity contribution in [1.82, 2.24) is 9.97 Å². The SMILES string of the molecule is CCc1ccc(Nc2ncc(C(=O)Nc3ccc(OC)c(Cl)c3)cn2)cc1. The van der Waals surface area contributed by atoms with E-state index in [-0.39, 0.29) is 5.91 Å². The Bertz CT molecular complexity index is 928. The summed E-state index contributed by atoms with van der Waals surface area (Å²) in [4.78, 5) is 20.7. The van der Waals surface area contributed by atoms with E-state index in [9.17, 15) is 4.79 Å². The molecule has 0 radical (unpaired) electrons. The fourth-order valence-corrected chi connectivity index (χ4v) is 2.67. The van der Waals surface area contributed by atoms with Crippen molar-refractivity contribution in [2.75, 3.05) is 17.7 Å². The maximum Gasteiger partial charge on any atom is 0.258 e. The van der Waals surface area contributed by atoms with Gasteiger partial charge in [-0.3, -0.25) is 4.79 Å². The van der Waals surface area contributed by atoms with E-state index >= 15 is 0 Å². The lowest BCUT2D eigenvalue weighted by Crippen LogP contribution is -2.13. The molecule has 27 heavy (non-hydrogen) atoms. The summed E-state index contributed by atoms with van der Waals surface area (Å²) in [7, 11) is 1.53. The number of carbonyl (C=O) groups excluding carboxylic acids is 1. The second kappa shape index (κ2) is 8.51. The molecular formula is C20H19ClN4O2. The zero-order chi connectivity index (χ0) is 19.2. The summed E-state index contributed by atoms with van der Waals surface area (Å²) < 4.78 is 5.09. The van der Waals surface area contributed by atoms with Crippen LogP contribution in [0.15, 0.2) is 54.9 Å². The second-order valence-electron chi connectivity index (χ2n) is 5.77. The number of nitrogens with one attached hydrogen (secondary N) is 2. The number of benzene rings is 2. The van der Waals surface area contributed by atoms with E-state index in [1.54, 1.807) is 18.2 Å². The van der Waals surface area contributed by atoms with Gasteiger partial charge in [-0.25, -0.2) is 9.97 Å². The van der Waals surface area contributed by atoms with Crippen molar-refractivity contribution in [3.8, 4) is 5.75 Å². The molecule has 0 saturated heterocycles. The first kappa shape index (κ1) is 18.7. The van der Waals surface area contributed by atoms with Crippen LogP contribution in [0, 0.1) is 0 Å². The number of aromatic nitrogens is 2. The molecule has 0 aliphatic heterocycles. The van der Waals surface area contributed by atoms with Gasteiger partial charge in [-0.2, -0.15) is 0 Å². The molecule has 7 heteroatoms. The number of aryl methyl sites for hydroxylation is 1. The fourth-order valence-electron chi connectivity index (χ4n) is 2.41. The predicted octanol–water partition coefficient (Wildman–Crippen LogP) is 4.70. The highest BCUT2D eigenvalue weighted by Crippen LogP contribution is 2.27. The molecular weight excluding hydrogens is 364 g/mol. The van der Waals surface area contributed by atoms with Crippen LogP contribution in [0.3, 0.4) is 0 Å². The molecule has 1 amide bonds. The van der Waals surface area contributed by atoms with Gasteiger partial charge in [0.05, 0.1) is 17.7 Å². The van der Waals surface area contributed by atoms with Crippen molar-refractivity contribution in [2.24, 2.45) is 0 Å². The highest BCUT2D eigenvalue weighted by Gasteiger charge is 2.09. The van der Waals surface area contributed by atoms with Gasteiger partial charge in [-0.05, 0) is 42.3 Å². The number of hydrogen-bond donors (Lipinski definition) is 2. The van der Waals surface area contributed by atoms with Gasteiger partial charge in [-0.15, -0.1) is 0 Å². The summed E-state index contributed by atoms with van der Waals surface area (Å²) in [6.45, 7) is 2.11. The van der Waals surface area contributed by atoms with Gasteiger partial charge < -0.3 is 15.4 Å². The van der Waals surface area contributed by atoms with Crippen LogP contribution >= 0.6 is 11.6 Å².